The molecule has 0 aliphatic carbocycles. The van der Waals surface area contributed by atoms with Crippen LogP contribution >= 0.6 is 27.7 Å². The molecule has 0 spiro atoms. The van der Waals surface area contributed by atoms with Crippen molar-refractivity contribution >= 4 is 33.4 Å². The molecule has 110 valence electrons. The lowest BCUT2D eigenvalue weighted by Gasteiger charge is -2.30. The largest absolute Gasteiger partial charge is 0.381 e. The molecule has 0 bridgehead atoms. The molecule has 6 heteroatoms. The van der Waals surface area contributed by atoms with Crippen molar-refractivity contribution in [2.45, 2.75) is 38.0 Å². The van der Waals surface area contributed by atoms with Gasteiger partial charge in [-0.05, 0) is 35.0 Å². The molecule has 20 heavy (non-hydrogen) atoms. The number of terminal acetylenes is 1. The summed E-state index contributed by atoms with van der Waals surface area (Å²) >= 11 is 5.17. The Morgan fingerprint density at radius 1 is 1.55 bits per heavy atom. The number of hydrogen-bond donors (Lipinski definition) is 1. The van der Waals surface area contributed by atoms with E-state index in [1.807, 2.05) is 11.8 Å². The van der Waals surface area contributed by atoms with E-state index in [4.69, 9.17) is 6.42 Å². The van der Waals surface area contributed by atoms with Gasteiger partial charge in [-0.25, -0.2) is 4.68 Å². The van der Waals surface area contributed by atoms with E-state index in [-0.39, 0.29) is 16.9 Å². The van der Waals surface area contributed by atoms with Crippen molar-refractivity contribution in [3.8, 4) is 12.3 Å². The number of hydrogen-bond acceptors (Lipinski definition) is 4. The van der Waals surface area contributed by atoms with Gasteiger partial charge in [-0.2, -0.15) is 16.9 Å². The first-order valence-corrected chi connectivity index (χ1v) is 8.53. The smallest absolute Gasteiger partial charge is 0.284 e. The van der Waals surface area contributed by atoms with Crippen molar-refractivity contribution in [1.82, 2.24) is 9.78 Å². The van der Waals surface area contributed by atoms with Gasteiger partial charge in [-0.3, -0.25) is 4.79 Å². The van der Waals surface area contributed by atoms with Gasteiger partial charge in [0.1, 0.15) is 11.0 Å². The highest BCUT2D eigenvalue weighted by Crippen LogP contribution is 2.31. The first-order chi connectivity index (χ1) is 9.53. The van der Waals surface area contributed by atoms with E-state index >= 15 is 0 Å². The number of nitrogens with zero attached hydrogens (tertiary/aromatic N) is 2. The Morgan fingerprint density at radius 2 is 2.20 bits per heavy atom. The summed E-state index contributed by atoms with van der Waals surface area (Å²) in [7, 11) is 0. The summed E-state index contributed by atoms with van der Waals surface area (Å²) in [4.78, 5) is 12.0. The highest BCUT2D eigenvalue weighted by atomic mass is 79.9. The summed E-state index contributed by atoms with van der Waals surface area (Å²) in [5.41, 5.74) is 0.499. The second-order valence-electron chi connectivity index (χ2n) is 4.49. The lowest BCUT2D eigenvalue weighted by molar-refractivity contribution is 0.573. The lowest BCUT2D eigenvalue weighted by atomic mass is 10.0. The predicted octanol–water partition coefficient (Wildman–Crippen LogP) is 2.97. The normalized spacial score (nSPS) is 11.2. The van der Waals surface area contributed by atoms with Crippen LogP contribution in [0, 0.1) is 12.3 Å². The standard InChI is InChI=1S/C14H20BrN3OS/c1-5-8-18-13(19)12(15)11(9-17-18)16-10-14(6-2,7-3)20-4/h1,9,16H,6-8,10H2,2-4H3. The predicted molar refractivity (Wildman–Crippen MR) is 90.3 cm³/mol. The Balaban J connectivity index is 2.92. The maximum atomic E-state index is 12.0. The van der Waals surface area contributed by atoms with Gasteiger partial charge in [0.2, 0.25) is 0 Å². The SMILES string of the molecule is C#CCn1ncc(NCC(CC)(CC)SC)c(Br)c1=O. The molecule has 1 heterocycles. The minimum atomic E-state index is -0.212. The minimum Gasteiger partial charge on any atom is -0.381 e. The molecule has 0 amide bonds. The average Bonchev–Trinajstić information content (AvgIpc) is 2.48. The minimum absolute atomic E-state index is 0.174. The fourth-order valence-electron chi connectivity index (χ4n) is 1.90. The van der Waals surface area contributed by atoms with E-state index < -0.39 is 0 Å². The van der Waals surface area contributed by atoms with Gasteiger partial charge < -0.3 is 5.32 Å². The Labute approximate surface area is 132 Å². The molecule has 1 N–H and O–H groups in total. The molecule has 0 saturated carbocycles. The van der Waals surface area contributed by atoms with Crippen LogP contribution in [0.5, 0.6) is 0 Å². The van der Waals surface area contributed by atoms with Gasteiger partial charge in [0.15, 0.2) is 0 Å². The van der Waals surface area contributed by atoms with E-state index in [1.165, 1.54) is 4.68 Å². The van der Waals surface area contributed by atoms with Gasteiger partial charge in [0.05, 0.1) is 11.9 Å². The summed E-state index contributed by atoms with van der Waals surface area (Å²) < 4.78 is 1.91. The third-order valence-corrected chi connectivity index (χ3v) is 5.90. The Morgan fingerprint density at radius 3 is 2.70 bits per heavy atom. The first-order valence-electron chi connectivity index (χ1n) is 6.51. The number of aromatic nitrogens is 2. The summed E-state index contributed by atoms with van der Waals surface area (Å²) in [6.07, 6.45) is 11.1. The molecule has 0 aliphatic rings. The third-order valence-electron chi connectivity index (χ3n) is 3.55. The van der Waals surface area contributed by atoms with Crippen LogP contribution < -0.4 is 10.9 Å². The number of anilines is 1. The van der Waals surface area contributed by atoms with Gasteiger partial charge in [-0.15, -0.1) is 6.42 Å². The highest BCUT2D eigenvalue weighted by Gasteiger charge is 2.25. The van der Waals surface area contributed by atoms with E-state index in [2.05, 4.69) is 52.4 Å². The van der Waals surface area contributed by atoms with Crippen LogP contribution in [-0.4, -0.2) is 27.3 Å². The third kappa shape index (κ3) is 3.80. The monoisotopic (exact) mass is 357 g/mol. The van der Waals surface area contributed by atoms with Crippen molar-refractivity contribution in [2.24, 2.45) is 0 Å². The van der Waals surface area contributed by atoms with Crippen LogP contribution in [0.15, 0.2) is 15.5 Å². The molecular formula is C14H20BrN3OS. The van der Waals surface area contributed by atoms with E-state index in [0.29, 0.717) is 10.2 Å². The molecule has 1 aromatic heterocycles. The van der Waals surface area contributed by atoms with Crippen molar-refractivity contribution in [3.63, 3.8) is 0 Å². The summed E-state index contributed by atoms with van der Waals surface area (Å²) in [5, 5.41) is 7.39. The molecule has 0 fully saturated rings. The maximum absolute atomic E-state index is 12.0. The molecule has 0 unspecified atom stereocenters. The molecule has 1 aromatic rings. The molecule has 4 nitrogen and oxygen atoms in total. The number of thioether (sulfide) groups is 1. The lowest BCUT2D eigenvalue weighted by Crippen LogP contribution is -2.33. The second kappa shape index (κ2) is 7.75. The van der Waals surface area contributed by atoms with Crippen molar-refractivity contribution < 1.29 is 0 Å². The number of nitrogens with one attached hydrogen (secondary N) is 1. The quantitative estimate of drug-likeness (QED) is 0.762. The van der Waals surface area contributed by atoms with Crippen LogP contribution in [-0.2, 0) is 6.54 Å². The zero-order chi connectivity index (χ0) is 15.2. The molecular weight excluding hydrogens is 338 g/mol. The summed E-state index contributed by atoms with van der Waals surface area (Å²) in [6, 6.07) is 0. The molecule has 0 atom stereocenters. The summed E-state index contributed by atoms with van der Waals surface area (Å²) in [6.45, 7) is 5.33. The van der Waals surface area contributed by atoms with Crippen LogP contribution in [0.3, 0.4) is 0 Å². The second-order valence-corrected chi connectivity index (χ2v) is 6.55. The van der Waals surface area contributed by atoms with E-state index in [9.17, 15) is 4.79 Å². The highest BCUT2D eigenvalue weighted by molar-refractivity contribution is 9.10. The Kier molecular flexibility index (Phi) is 6.63. The zero-order valence-corrected chi connectivity index (χ0v) is 14.5. The van der Waals surface area contributed by atoms with Crippen LogP contribution in [0.2, 0.25) is 0 Å². The number of rotatable bonds is 7. The first kappa shape index (κ1) is 17.1. The molecule has 0 aromatic carbocycles. The fourth-order valence-corrected chi connectivity index (χ4v) is 3.15. The molecule has 0 saturated heterocycles. The maximum Gasteiger partial charge on any atom is 0.284 e. The van der Waals surface area contributed by atoms with Crippen molar-refractivity contribution in [2.75, 3.05) is 18.1 Å². The van der Waals surface area contributed by atoms with E-state index in [1.54, 1.807) is 6.20 Å². The van der Waals surface area contributed by atoms with Gasteiger partial charge in [-0.1, -0.05) is 19.8 Å². The van der Waals surface area contributed by atoms with Crippen molar-refractivity contribution in [3.05, 3.63) is 21.0 Å². The van der Waals surface area contributed by atoms with Crippen LogP contribution in [0.25, 0.3) is 0 Å². The van der Waals surface area contributed by atoms with E-state index in [0.717, 1.165) is 19.4 Å². The van der Waals surface area contributed by atoms with Gasteiger partial charge >= 0.3 is 0 Å². The van der Waals surface area contributed by atoms with Crippen LogP contribution in [0.4, 0.5) is 5.69 Å². The van der Waals surface area contributed by atoms with Crippen LogP contribution in [0.1, 0.15) is 26.7 Å². The molecule has 0 aliphatic heterocycles. The van der Waals surface area contributed by atoms with Gasteiger partial charge in [0, 0.05) is 11.3 Å². The topological polar surface area (TPSA) is 46.9 Å². The van der Waals surface area contributed by atoms with Gasteiger partial charge in [0.25, 0.3) is 5.56 Å². The summed E-state index contributed by atoms with van der Waals surface area (Å²) in [5.74, 6) is 2.41. The number of halogens is 1. The Hall–Kier alpha value is -0.930. The molecule has 0 radical (unpaired) electrons. The zero-order valence-electron chi connectivity index (χ0n) is 12.1. The molecule has 1 rings (SSSR count). The average molecular weight is 358 g/mol. The Bertz CT molecular complexity index is 538. The fraction of sp³-hybridized carbons (Fsp3) is 0.571. The van der Waals surface area contributed by atoms with Crippen molar-refractivity contribution in [1.29, 1.82) is 0 Å².